The SMILES string of the molecule is CN(C(CN)C1CC1)C1CCCCC1(C)C. The van der Waals surface area contributed by atoms with E-state index in [0.717, 1.165) is 18.5 Å². The van der Waals surface area contributed by atoms with Crippen molar-refractivity contribution in [1.82, 2.24) is 4.90 Å². The molecule has 2 aliphatic rings. The number of nitrogens with two attached hydrogens (primary N) is 1. The van der Waals surface area contributed by atoms with Crippen LogP contribution >= 0.6 is 0 Å². The number of hydrogen-bond acceptors (Lipinski definition) is 2. The molecule has 0 aromatic rings. The lowest BCUT2D eigenvalue weighted by Gasteiger charge is -2.47. The first-order valence-electron chi connectivity index (χ1n) is 6.98. The summed E-state index contributed by atoms with van der Waals surface area (Å²) in [7, 11) is 2.31. The first-order chi connectivity index (χ1) is 7.56. The van der Waals surface area contributed by atoms with Gasteiger partial charge in [0, 0.05) is 18.6 Å². The van der Waals surface area contributed by atoms with Crippen molar-refractivity contribution in [3.63, 3.8) is 0 Å². The molecule has 2 saturated carbocycles. The van der Waals surface area contributed by atoms with Crippen molar-refractivity contribution in [2.45, 2.75) is 64.5 Å². The molecule has 2 atom stereocenters. The summed E-state index contributed by atoms with van der Waals surface area (Å²) in [5, 5.41) is 0. The standard InChI is InChI=1S/C14H28N2/c1-14(2)9-5-4-6-13(14)16(3)12(10-15)11-7-8-11/h11-13H,4-10,15H2,1-3H3. The molecule has 0 aliphatic heterocycles. The van der Waals surface area contributed by atoms with Gasteiger partial charge in [0.15, 0.2) is 0 Å². The van der Waals surface area contributed by atoms with E-state index < -0.39 is 0 Å². The average Bonchev–Trinajstić information content (AvgIpc) is 3.02. The molecule has 0 bridgehead atoms. The molecule has 0 amide bonds. The molecule has 0 saturated heterocycles. The zero-order valence-corrected chi connectivity index (χ0v) is 11.2. The fourth-order valence-corrected chi connectivity index (χ4v) is 3.63. The predicted octanol–water partition coefficient (Wildman–Crippen LogP) is 2.62. The quantitative estimate of drug-likeness (QED) is 0.795. The lowest BCUT2D eigenvalue weighted by Crippen LogP contribution is -2.52. The first kappa shape index (κ1) is 12.4. The molecule has 0 radical (unpaired) electrons. The fraction of sp³-hybridized carbons (Fsp3) is 1.00. The van der Waals surface area contributed by atoms with Gasteiger partial charge >= 0.3 is 0 Å². The summed E-state index contributed by atoms with van der Waals surface area (Å²) in [5.41, 5.74) is 6.45. The average molecular weight is 224 g/mol. The van der Waals surface area contributed by atoms with Crippen LogP contribution in [0, 0.1) is 11.3 Å². The maximum Gasteiger partial charge on any atom is 0.0246 e. The van der Waals surface area contributed by atoms with Crippen LogP contribution in [0.25, 0.3) is 0 Å². The summed E-state index contributed by atoms with van der Waals surface area (Å²) in [6.45, 7) is 5.72. The van der Waals surface area contributed by atoms with Crippen molar-refractivity contribution >= 4 is 0 Å². The number of rotatable bonds is 4. The van der Waals surface area contributed by atoms with Crippen LogP contribution in [0.15, 0.2) is 0 Å². The van der Waals surface area contributed by atoms with Crippen molar-refractivity contribution in [3.8, 4) is 0 Å². The topological polar surface area (TPSA) is 29.3 Å². The van der Waals surface area contributed by atoms with Gasteiger partial charge in [-0.15, -0.1) is 0 Å². The zero-order chi connectivity index (χ0) is 11.8. The van der Waals surface area contributed by atoms with E-state index in [1.165, 1.54) is 38.5 Å². The molecule has 16 heavy (non-hydrogen) atoms. The van der Waals surface area contributed by atoms with Crippen molar-refractivity contribution < 1.29 is 0 Å². The highest BCUT2D eigenvalue weighted by Crippen LogP contribution is 2.42. The van der Waals surface area contributed by atoms with Crippen LogP contribution in [0.1, 0.15) is 52.4 Å². The van der Waals surface area contributed by atoms with Crippen LogP contribution in [0.2, 0.25) is 0 Å². The molecule has 0 spiro atoms. The Kier molecular flexibility index (Phi) is 3.60. The second-order valence-electron chi connectivity index (χ2n) is 6.56. The maximum atomic E-state index is 5.97. The van der Waals surface area contributed by atoms with Gasteiger partial charge in [0.05, 0.1) is 0 Å². The monoisotopic (exact) mass is 224 g/mol. The Bertz CT molecular complexity index is 233. The van der Waals surface area contributed by atoms with Crippen LogP contribution in [-0.2, 0) is 0 Å². The zero-order valence-electron chi connectivity index (χ0n) is 11.2. The summed E-state index contributed by atoms with van der Waals surface area (Å²) < 4.78 is 0. The smallest absolute Gasteiger partial charge is 0.0246 e. The van der Waals surface area contributed by atoms with E-state index in [2.05, 4.69) is 25.8 Å². The number of nitrogens with zero attached hydrogens (tertiary/aromatic N) is 1. The van der Waals surface area contributed by atoms with E-state index in [1.807, 2.05) is 0 Å². The summed E-state index contributed by atoms with van der Waals surface area (Å²) in [4.78, 5) is 2.62. The normalized spacial score (nSPS) is 31.7. The Morgan fingerprint density at radius 2 is 1.94 bits per heavy atom. The molecule has 94 valence electrons. The second kappa shape index (κ2) is 4.66. The molecule has 0 aromatic heterocycles. The Balaban J connectivity index is 2.03. The molecule has 0 heterocycles. The second-order valence-corrected chi connectivity index (χ2v) is 6.56. The van der Waals surface area contributed by atoms with Gasteiger partial charge < -0.3 is 5.73 Å². The molecule has 2 fully saturated rings. The molecule has 2 rings (SSSR count). The van der Waals surface area contributed by atoms with Gasteiger partial charge in [-0.05, 0) is 44.1 Å². The van der Waals surface area contributed by atoms with Crippen molar-refractivity contribution in [2.24, 2.45) is 17.1 Å². The predicted molar refractivity (Wildman–Crippen MR) is 69.4 cm³/mol. The van der Waals surface area contributed by atoms with E-state index in [9.17, 15) is 0 Å². The molecule has 2 unspecified atom stereocenters. The number of hydrogen-bond donors (Lipinski definition) is 1. The fourth-order valence-electron chi connectivity index (χ4n) is 3.63. The molecule has 2 heteroatoms. The third-order valence-electron chi connectivity index (χ3n) is 4.87. The van der Waals surface area contributed by atoms with E-state index in [-0.39, 0.29) is 0 Å². The third kappa shape index (κ3) is 2.43. The van der Waals surface area contributed by atoms with E-state index >= 15 is 0 Å². The van der Waals surface area contributed by atoms with E-state index in [1.54, 1.807) is 0 Å². The molecule has 2 nitrogen and oxygen atoms in total. The summed E-state index contributed by atoms with van der Waals surface area (Å²) >= 11 is 0. The van der Waals surface area contributed by atoms with Crippen LogP contribution in [0.3, 0.4) is 0 Å². The van der Waals surface area contributed by atoms with Gasteiger partial charge in [-0.25, -0.2) is 0 Å². The van der Waals surface area contributed by atoms with Gasteiger partial charge in [0.25, 0.3) is 0 Å². The molecular weight excluding hydrogens is 196 g/mol. The van der Waals surface area contributed by atoms with Gasteiger partial charge in [0.1, 0.15) is 0 Å². The van der Waals surface area contributed by atoms with Gasteiger partial charge in [-0.2, -0.15) is 0 Å². The van der Waals surface area contributed by atoms with Crippen LogP contribution in [0.5, 0.6) is 0 Å². The van der Waals surface area contributed by atoms with Gasteiger partial charge in [-0.1, -0.05) is 26.7 Å². The lowest BCUT2D eigenvalue weighted by atomic mass is 9.72. The molecule has 2 aliphatic carbocycles. The van der Waals surface area contributed by atoms with Crippen molar-refractivity contribution in [3.05, 3.63) is 0 Å². The largest absolute Gasteiger partial charge is 0.329 e. The minimum atomic E-state index is 0.481. The Morgan fingerprint density at radius 1 is 1.25 bits per heavy atom. The summed E-state index contributed by atoms with van der Waals surface area (Å²) in [6, 6.07) is 1.39. The maximum absolute atomic E-state index is 5.97. The van der Waals surface area contributed by atoms with Gasteiger partial charge in [-0.3, -0.25) is 4.90 Å². The van der Waals surface area contributed by atoms with E-state index in [4.69, 9.17) is 5.73 Å². The lowest BCUT2D eigenvalue weighted by molar-refractivity contribution is 0.0340. The summed E-state index contributed by atoms with van der Waals surface area (Å²) in [6.07, 6.45) is 8.36. The molecular formula is C14H28N2. The van der Waals surface area contributed by atoms with Crippen molar-refractivity contribution in [2.75, 3.05) is 13.6 Å². The molecule has 2 N–H and O–H groups in total. The Labute approximate surface area is 101 Å². The Morgan fingerprint density at radius 3 is 2.44 bits per heavy atom. The van der Waals surface area contributed by atoms with Crippen molar-refractivity contribution in [1.29, 1.82) is 0 Å². The highest BCUT2D eigenvalue weighted by molar-refractivity contribution is 4.95. The van der Waals surface area contributed by atoms with Crippen LogP contribution in [0.4, 0.5) is 0 Å². The Hall–Kier alpha value is -0.0800. The molecule has 0 aromatic carbocycles. The third-order valence-corrected chi connectivity index (χ3v) is 4.87. The number of likely N-dealkylation sites (N-methyl/N-ethyl adjacent to an activating group) is 1. The minimum Gasteiger partial charge on any atom is -0.329 e. The van der Waals surface area contributed by atoms with Gasteiger partial charge in [0.2, 0.25) is 0 Å². The highest BCUT2D eigenvalue weighted by Gasteiger charge is 2.41. The van der Waals surface area contributed by atoms with Crippen LogP contribution < -0.4 is 5.73 Å². The highest BCUT2D eigenvalue weighted by atomic mass is 15.2. The summed E-state index contributed by atoms with van der Waals surface area (Å²) in [5.74, 6) is 0.896. The van der Waals surface area contributed by atoms with E-state index in [0.29, 0.717) is 11.5 Å². The first-order valence-corrected chi connectivity index (χ1v) is 6.98. The van der Waals surface area contributed by atoms with Crippen LogP contribution in [-0.4, -0.2) is 30.6 Å². The minimum absolute atomic E-state index is 0.481.